The number of amides is 2. The van der Waals surface area contributed by atoms with E-state index in [1.165, 1.54) is 0 Å². The molecule has 2 aliphatic rings. The first-order valence-electron chi connectivity index (χ1n) is 11.1. The molecule has 0 unspecified atom stereocenters. The molecule has 2 aromatic carbocycles. The summed E-state index contributed by atoms with van der Waals surface area (Å²) < 4.78 is 22.5. The lowest BCUT2D eigenvalue weighted by Crippen LogP contribution is -2.58. The number of piperidine rings is 1. The average molecular weight is 455 g/mol. The van der Waals surface area contributed by atoms with Crippen LogP contribution in [0.15, 0.2) is 48.5 Å². The van der Waals surface area contributed by atoms with E-state index in [2.05, 4.69) is 5.32 Å². The molecule has 8 nitrogen and oxygen atoms in total. The lowest BCUT2D eigenvalue weighted by atomic mass is 9.89. The molecule has 0 atom stereocenters. The first-order chi connectivity index (χ1) is 15.7. The molecule has 0 radical (unpaired) electrons. The zero-order valence-electron chi connectivity index (χ0n) is 19.3. The Kier molecular flexibility index (Phi) is 6.35. The molecule has 0 aliphatic carbocycles. The third-order valence-electron chi connectivity index (χ3n) is 5.58. The van der Waals surface area contributed by atoms with Crippen LogP contribution in [0.4, 0.5) is 4.79 Å². The summed E-state index contributed by atoms with van der Waals surface area (Å²) in [5, 5.41) is 3.01. The third kappa shape index (κ3) is 5.50. The number of ether oxygens (including phenoxy) is 4. The third-order valence-corrected chi connectivity index (χ3v) is 5.58. The van der Waals surface area contributed by atoms with Gasteiger partial charge in [0.1, 0.15) is 11.4 Å². The van der Waals surface area contributed by atoms with Crippen LogP contribution in [0.3, 0.4) is 0 Å². The number of para-hydroxylation sites is 1. The van der Waals surface area contributed by atoms with Gasteiger partial charge in [0.2, 0.25) is 6.79 Å². The Hall–Kier alpha value is -3.42. The summed E-state index contributed by atoms with van der Waals surface area (Å²) >= 11 is 0. The normalized spacial score (nSPS) is 16.8. The van der Waals surface area contributed by atoms with Crippen molar-refractivity contribution in [2.24, 2.45) is 0 Å². The van der Waals surface area contributed by atoms with Gasteiger partial charge in [-0.2, -0.15) is 0 Å². The molecule has 0 bridgehead atoms. The van der Waals surface area contributed by atoms with Crippen LogP contribution in [0.25, 0.3) is 0 Å². The minimum atomic E-state index is -1.09. The van der Waals surface area contributed by atoms with Gasteiger partial charge in [-0.15, -0.1) is 0 Å². The quantitative estimate of drug-likeness (QED) is 0.738. The van der Waals surface area contributed by atoms with Gasteiger partial charge in [0.05, 0.1) is 0 Å². The molecule has 0 saturated carbocycles. The van der Waals surface area contributed by atoms with Crippen LogP contribution in [0.2, 0.25) is 0 Å². The van der Waals surface area contributed by atoms with Crippen molar-refractivity contribution in [3.63, 3.8) is 0 Å². The standard InChI is InChI=1S/C25H30N2O6/c1-24(2,3)33-23(29)27-13-11-25(12-14-27,32-19-7-5-4-6-8-19)22(28)26-16-18-9-10-20-21(15-18)31-17-30-20/h4-10,15H,11-14,16-17H2,1-3H3,(H,26,28). The Morgan fingerprint density at radius 1 is 1.03 bits per heavy atom. The summed E-state index contributed by atoms with van der Waals surface area (Å²) in [7, 11) is 0. The van der Waals surface area contributed by atoms with Crippen LogP contribution < -0.4 is 19.5 Å². The minimum Gasteiger partial charge on any atom is -0.477 e. The molecule has 2 aliphatic heterocycles. The van der Waals surface area contributed by atoms with E-state index in [0.717, 1.165) is 5.56 Å². The molecule has 0 aromatic heterocycles. The van der Waals surface area contributed by atoms with Gasteiger partial charge < -0.3 is 29.2 Å². The van der Waals surface area contributed by atoms with Gasteiger partial charge in [-0.3, -0.25) is 4.79 Å². The highest BCUT2D eigenvalue weighted by atomic mass is 16.7. The van der Waals surface area contributed by atoms with E-state index in [9.17, 15) is 9.59 Å². The van der Waals surface area contributed by atoms with Crippen LogP contribution in [-0.2, 0) is 16.1 Å². The van der Waals surface area contributed by atoms with E-state index in [0.29, 0.717) is 49.7 Å². The molecule has 8 heteroatoms. The van der Waals surface area contributed by atoms with Crippen molar-refractivity contribution in [2.75, 3.05) is 19.9 Å². The summed E-state index contributed by atoms with van der Waals surface area (Å²) in [4.78, 5) is 27.5. The number of nitrogens with zero attached hydrogens (tertiary/aromatic N) is 1. The molecule has 0 spiro atoms. The van der Waals surface area contributed by atoms with Crippen LogP contribution >= 0.6 is 0 Å². The Morgan fingerprint density at radius 3 is 2.42 bits per heavy atom. The van der Waals surface area contributed by atoms with Crippen molar-refractivity contribution in [1.29, 1.82) is 0 Å². The number of benzene rings is 2. The van der Waals surface area contributed by atoms with E-state index < -0.39 is 11.2 Å². The first-order valence-corrected chi connectivity index (χ1v) is 11.1. The fourth-order valence-electron chi connectivity index (χ4n) is 3.86. The topological polar surface area (TPSA) is 86.3 Å². The van der Waals surface area contributed by atoms with Crippen LogP contribution in [0, 0.1) is 0 Å². The summed E-state index contributed by atoms with van der Waals surface area (Å²) in [5.74, 6) is 1.76. The molecular formula is C25H30N2O6. The van der Waals surface area contributed by atoms with Crippen molar-refractivity contribution in [1.82, 2.24) is 10.2 Å². The van der Waals surface area contributed by atoms with Gasteiger partial charge in [-0.25, -0.2) is 4.79 Å². The summed E-state index contributed by atoms with van der Waals surface area (Å²) in [6.07, 6.45) is 0.332. The fraction of sp³-hybridized carbons (Fsp3) is 0.440. The number of hydrogen-bond donors (Lipinski definition) is 1. The molecule has 1 fully saturated rings. The van der Waals surface area contributed by atoms with Crippen LogP contribution in [-0.4, -0.2) is 48.0 Å². The Labute approximate surface area is 193 Å². The van der Waals surface area contributed by atoms with Gasteiger partial charge >= 0.3 is 6.09 Å². The SMILES string of the molecule is CC(C)(C)OC(=O)N1CCC(Oc2ccccc2)(C(=O)NCc2ccc3c(c2)OCO3)CC1. The molecule has 2 aromatic rings. The maximum absolute atomic E-state index is 13.4. The number of carbonyl (C=O) groups is 2. The highest BCUT2D eigenvalue weighted by molar-refractivity contribution is 5.86. The van der Waals surface area contributed by atoms with E-state index in [1.54, 1.807) is 4.90 Å². The molecular weight excluding hydrogens is 424 g/mol. The van der Waals surface area contributed by atoms with E-state index in [-0.39, 0.29) is 18.8 Å². The number of likely N-dealkylation sites (tertiary alicyclic amines) is 1. The molecule has 2 heterocycles. The second-order valence-corrected chi connectivity index (χ2v) is 9.25. The Balaban J connectivity index is 1.45. The summed E-state index contributed by atoms with van der Waals surface area (Å²) in [6, 6.07) is 14.9. The van der Waals surface area contributed by atoms with Crippen molar-refractivity contribution < 1.29 is 28.5 Å². The van der Waals surface area contributed by atoms with Crippen molar-refractivity contribution >= 4 is 12.0 Å². The van der Waals surface area contributed by atoms with Gasteiger partial charge in [0, 0.05) is 32.5 Å². The highest BCUT2D eigenvalue weighted by Crippen LogP contribution is 2.33. The van der Waals surface area contributed by atoms with Crippen molar-refractivity contribution in [3.8, 4) is 17.2 Å². The lowest BCUT2D eigenvalue weighted by Gasteiger charge is -2.40. The predicted molar refractivity (Wildman–Crippen MR) is 121 cm³/mol. The van der Waals surface area contributed by atoms with E-state index in [4.69, 9.17) is 18.9 Å². The van der Waals surface area contributed by atoms with Gasteiger partial charge in [-0.05, 0) is 50.6 Å². The number of rotatable bonds is 5. The number of carbonyl (C=O) groups excluding carboxylic acids is 2. The fourth-order valence-corrected chi connectivity index (χ4v) is 3.86. The molecule has 4 rings (SSSR count). The van der Waals surface area contributed by atoms with Gasteiger partial charge in [0.15, 0.2) is 17.1 Å². The number of fused-ring (bicyclic) bond motifs is 1. The highest BCUT2D eigenvalue weighted by Gasteiger charge is 2.45. The average Bonchev–Trinajstić information content (AvgIpc) is 3.25. The zero-order chi connectivity index (χ0) is 23.5. The predicted octanol–water partition coefficient (Wildman–Crippen LogP) is 3.88. The molecule has 33 heavy (non-hydrogen) atoms. The molecule has 2 amide bonds. The summed E-state index contributed by atoms with van der Waals surface area (Å²) in [6.45, 7) is 6.75. The Bertz CT molecular complexity index is 994. The largest absolute Gasteiger partial charge is 0.477 e. The number of hydrogen-bond acceptors (Lipinski definition) is 6. The van der Waals surface area contributed by atoms with E-state index in [1.807, 2.05) is 69.3 Å². The maximum atomic E-state index is 13.4. The second kappa shape index (κ2) is 9.21. The van der Waals surface area contributed by atoms with Gasteiger partial charge in [0.25, 0.3) is 5.91 Å². The number of nitrogens with one attached hydrogen (secondary N) is 1. The minimum absolute atomic E-state index is 0.202. The Morgan fingerprint density at radius 2 is 1.73 bits per heavy atom. The van der Waals surface area contributed by atoms with Crippen LogP contribution in [0.1, 0.15) is 39.2 Å². The van der Waals surface area contributed by atoms with E-state index >= 15 is 0 Å². The van der Waals surface area contributed by atoms with Gasteiger partial charge in [-0.1, -0.05) is 24.3 Å². The van der Waals surface area contributed by atoms with Crippen LogP contribution in [0.5, 0.6) is 17.2 Å². The smallest absolute Gasteiger partial charge is 0.410 e. The monoisotopic (exact) mass is 454 g/mol. The maximum Gasteiger partial charge on any atom is 0.410 e. The van der Waals surface area contributed by atoms with Crippen molar-refractivity contribution in [2.45, 2.75) is 51.4 Å². The lowest BCUT2D eigenvalue weighted by molar-refractivity contribution is -0.141. The first kappa shape index (κ1) is 22.8. The second-order valence-electron chi connectivity index (χ2n) is 9.25. The molecule has 176 valence electrons. The zero-order valence-corrected chi connectivity index (χ0v) is 19.3. The molecule has 1 saturated heterocycles. The molecule has 1 N–H and O–H groups in total. The summed E-state index contributed by atoms with van der Waals surface area (Å²) in [5.41, 5.74) is -0.765. The van der Waals surface area contributed by atoms with Crippen molar-refractivity contribution in [3.05, 3.63) is 54.1 Å².